The highest BCUT2D eigenvalue weighted by molar-refractivity contribution is 5.89. The molecule has 1 aromatic rings. The molecule has 3 rings (SSSR count). The number of hydrogen-bond acceptors (Lipinski definition) is 5. The SMILES string of the molecule is CCCC(=O)NC[C@H]1CN(c2ccc(N3CCOC3=O)c(F)c2)CO1. The summed E-state index contributed by atoms with van der Waals surface area (Å²) in [5.41, 5.74) is 0.894. The van der Waals surface area contributed by atoms with E-state index >= 15 is 0 Å². The highest BCUT2D eigenvalue weighted by Gasteiger charge is 2.28. The summed E-state index contributed by atoms with van der Waals surface area (Å²) < 4.78 is 24.9. The molecule has 2 fully saturated rings. The maximum atomic E-state index is 14.4. The van der Waals surface area contributed by atoms with Crippen LogP contribution in [-0.2, 0) is 14.3 Å². The maximum Gasteiger partial charge on any atom is 0.414 e. The average molecular weight is 351 g/mol. The summed E-state index contributed by atoms with van der Waals surface area (Å²) in [5.74, 6) is -0.464. The van der Waals surface area contributed by atoms with Gasteiger partial charge in [-0.1, -0.05) is 6.92 Å². The van der Waals surface area contributed by atoms with Gasteiger partial charge in [-0.25, -0.2) is 9.18 Å². The Labute approximate surface area is 145 Å². The number of nitrogens with zero attached hydrogens (tertiary/aromatic N) is 2. The average Bonchev–Trinajstić information content (AvgIpc) is 3.22. The predicted molar refractivity (Wildman–Crippen MR) is 90.1 cm³/mol. The molecule has 0 spiro atoms. The minimum absolute atomic E-state index is 0.0115. The van der Waals surface area contributed by atoms with Gasteiger partial charge in [0.2, 0.25) is 5.91 Å². The second kappa shape index (κ2) is 7.69. The fraction of sp³-hybridized carbons (Fsp3) is 0.529. The Morgan fingerprint density at radius 2 is 2.28 bits per heavy atom. The van der Waals surface area contributed by atoms with Gasteiger partial charge >= 0.3 is 6.09 Å². The van der Waals surface area contributed by atoms with Gasteiger partial charge in [0.05, 0.1) is 18.3 Å². The number of carbonyl (C=O) groups excluding carboxylic acids is 2. The van der Waals surface area contributed by atoms with Crippen LogP contribution in [0.2, 0.25) is 0 Å². The summed E-state index contributed by atoms with van der Waals surface area (Å²) in [6.45, 7) is 3.91. The number of cyclic esters (lactones) is 1. The molecule has 1 atom stereocenters. The van der Waals surface area contributed by atoms with Gasteiger partial charge in [-0.05, 0) is 24.6 Å². The van der Waals surface area contributed by atoms with Gasteiger partial charge in [0.25, 0.3) is 0 Å². The predicted octanol–water partition coefficient (Wildman–Crippen LogP) is 1.86. The molecule has 1 aromatic carbocycles. The van der Waals surface area contributed by atoms with Crippen LogP contribution in [0.1, 0.15) is 19.8 Å². The Bertz CT molecular complexity index is 655. The Morgan fingerprint density at radius 3 is 2.96 bits per heavy atom. The lowest BCUT2D eigenvalue weighted by atomic mass is 10.2. The first-order chi connectivity index (χ1) is 12.1. The van der Waals surface area contributed by atoms with Crippen molar-refractivity contribution in [2.75, 3.05) is 42.8 Å². The molecular formula is C17H22FN3O4. The molecule has 0 aliphatic carbocycles. The van der Waals surface area contributed by atoms with E-state index < -0.39 is 11.9 Å². The van der Waals surface area contributed by atoms with Crippen LogP contribution in [0.3, 0.4) is 0 Å². The summed E-state index contributed by atoms with van der Waals surface area (Å²) in [7, 11) is 0. The van der Waals surface area contributed by atoms with E-state index in [0.29, 0.717) is 38.5 Å². The highest BCUT2D eigenvalue weighted by Crippen LogP contribution is 2.28. The Morgan fingerprint density at radius 1 is 1.44 bits per heavy atom. The smallest absolute Gasteiger partial charge is 0.414 e. The van der Waals surface area contributed by atoms with Crippen LogP contribution in [0.15, 0.2) is 18.2 Å². The zero-order valence-electron chi connectivity index (χ0n) is 14.2. The summed E-state index contributed by atoms with van der Waals surface area (Å²) in [4.78, 5) is 26.2. The van der Waals surface area contributed by atoms with Crippen molar-refractivity contribution in [1.29, 1.82) is 0 Å². The topological polar surface area (TPSA) is 71.1 Å². The van der Waals surface area contributed by atoms with Gasteiger partial charge in [0.1, 0.15) is 19.2 Å². The number of benzene rings is 1. The first-order valence-corrected chi connectivity index (χ1v) is 8.45. The van der Waals surface area contributed by atoms with Gasteiger partial charge in [-0.2, -0.15) is 0 Å². The van der Waals surface area contributed by atoms with E-state index in [2.05, 4.69) is 5.32 Å². The second-order valence-electron chi connectivity index (χ2n) is 6.10. The zero-order valence-corrected chi connectivity index (χ0v) is 14.2. The van der Waals surface area contributed by atoms with Gasteiger partial charge in [0, 0.05) is 25.2 Å². The number of amides is 2. The molecule has 0 aromatic heterocycles. The summed E-state index contributed by atoms with van der Waals surface area (Å²) in [5, 5.41) is 2.84. The molecule has 2 saturated heterocycles. The van der Waals surface area contributed by atoms with Crippen LogP contribution in [0.5, 0.6) is 0 Å². The fourth-order valence-electron chi connectivity index (χ4n) is 2.92. The number of anilines is 2. The second-order valence-corrected chi connectivity index (χ2v) is 6.10. The first-order valence-electron chi connectivity index (χ1n) is 8.45. The van der Waals surface area contributed by atoms with Gasteiger partial charge in [-0.15, -0.1) is 0 Å². The molecular weight excluding hydrogens is 329 g/mol. The van der Waals surface area contributed by atoms with E-state index in [0.717, 1.165) is 6.42 Å². The van der Waals surface area contributed by atoms with E-state index in [1.54, 1.807) is 12.1 Å². The maximum absolute atomic E-state index is 14.4. The molecule has 0 radical (unpaired) electrons. The Balaban J connectivity index is 1.58. The molecule has 2 heterocycles. The minimum atomic E-state index is -0.529. The van der Waals surface area contributed by atoms with Gasteiger partial charge in [-0.3, -0.25) is 9.69 Å². The molecule has 1 N–H and O–H groups in total. The Hall–Kier alpha value is -2.35. The van der Waals surface area contributed by atoms with Crippen molar-refractivity contribution in [3.63, 3.8) is 0 Å². The molecule has 8 heteroatoms. The Kier molecular flexibility index (Phi) is 5.37. The van der Waals surface area contributed by atoms with E-state index in [9.17, 15) is 14.0 Å². The number of halogens is 1. The number of ether oxygens (including phenoxy) is 2. The summed E-state index contributed by atoms with van der Waals surface area (Å²) in [6, 6.07) is 4.72. The standard InChI is InChI=1S/C17H22FN3O4/c1-2-3-16(22)19-9-13-10-20(11-25-13)12-4-5-15(14(18)8-12)21-6-7-24-17(21)23/h4-5,8,13H,2-3,6-7,9-11H2,1H3,(H,19,22)/t13-/m0/s1. The third-order valence-corrected chi connectivity index (χ3v) is 4.24. The third kappa shape index (κ3) is 4.01. The lowest BCUT2D eigenvalue weighted by Gasteiger charge is -2.19. The van der Waals surface area contributed by atoms with Crippen LogP contribution in [0.4, 0.5) is 20.6 Å². The minimum Gasteiger partial charge on any atom is -0.447 e. The van der Waals surface area contributed by atoms with E-state index in [1.165, 1.54) is 11.0 Å². The van der Waals surface area contributed by atoms with Crippen LogP contribution in [0, 0.1) is 5.82 Å². The monoisotopic (exact) mass is 351 g/mol. The van der Waals surface area contributed by atoms with E-state index in [1.807, 2.05) is 11.8 Å². The molecule has 136 valence electrons. The normalized spacial score (nSPS) is 20.1. The van der Waals surface area contributed by atoms with Gasteiger partial charge < -0.3 is 19.7 Å². The van der Waals surface area contributed by atoms with Crippen molar-refractivity contribution in [3.8, 4) is 0 Å². The lowest BCUT2D eigenvalue weighted by Crippen LogP contribution is -2.34. The summed E-state index contributed by atoms with van der Waals surface area (Å²) in [6.07, 6.45) is 0.651. The quantitative estimate of drug-likeness (QED) is 0.847. The van der Waals surface area contributed by atoms with Crippen molar-refractivity contribution < 1.29 is 23.5 Å². The zero-order chi connectivity index (χ0) is 17.8. The van der Waals surface area contributed by atoms with Crippen molar-refractivity contribution in [2.45, 2.75) is 25.9 Å². The number of carbonyl (C=O) groups is 2. The van der Waals surface area contributed by atoms with Gasteiger partial charge in [0.15, 0.2) is 0 Å². The number of rotatable bonds is 6. The van der Waals surface area contributed by atoms with Crippen molar-refractivity contribution >= 4 is 23.4 Å². The molecule has 0 bridgehead atoms. The van der Waals surface area contributed by atoms with Crippen molar-refractivity contribution in [1.82, 2.24) is 5.32 Å². The fourth-order valence-corrected chi connectivity index (χ4v) is 2.92. The third-order valence-electron chi connectivity index (χ3n) is 4.24. The lowest BCUT2D eigenvalue weighted by molar-refractivity contribution is -0.121. The molecule has 7 nitrogen and oxygen atoms in total. The van der Waals surface area contributed by atoms with Crippen molar-refractivity contribution in [3.05, 3.63) is 24.0 Å². The molecule has 2 aliphatic heterocycles. The first kappa shape index (κ1) is 17.5. The molecule has 0 saturated carbocycles. The van der Waals surface area contributed by atoms with Crippen LogP contribution >= 0.6 is 0 Å². The van der Waals surface area contributed by atoms with Crippen LogP contribution in [0.25, 0.3) is 0 Å². The van der Waals surface area contributed by atoms with Crippen molar-refractivity contribution in [2.24, 2.45) is 0 Å². The van der Waals surface area contributed by atoms with Crippen LogP contribution in [-0.4, -0.2) is 51.1 Å². The highest BCUT2D eigenvalue weighted by atomic mass is 19.1. The molecule has 25 heavy (non-hydrogen) atoms. The number of nitrogens with one attached hydrogen (secondary N) is 1. The molecule has 0 unspecified atom stereocenters. The molecule has 2 aliphatic rings. The molecule has 2 amide bonds. The largest absolute Gasteiger partial charge is 0.447 e. The van der Waals surface area contributed by atoms with E-state index in [4.69, 9.17) is 9.47 Å². The van der Waals surface area contributed by atoms with E-state index in [-0.39, 0.29) is 24.3 Å². The van der Waals surface area contributed by atoms with Crippen LogP contribution < -0.4 is 15.1 Å². The number of hydrogen-bond donors (Lipinski definition) is 1. The summed E-state index contributed by atoms with van der Waals surface area (Å²) >= 11 is 0.